The molecule has 1 heterocycles. The van der Waals surface area contributed by atoms with Gasteiger partial charge >= 0.3 is 0 Å². The van der Waals surface area contributed by atoms with Crippen LogP contribution in [0.1, 0.15) is 5.56 Å². The Bertz CT molecular complexity index is 982. The Hall–Kier alpha value is -2.02. The monoisotopic (exact) mass is 364 g/mol. The third-order valence-electron chi connectivity index (χ3n) is 3.87. The topological polar surface area (TPSA) is 74.3 Å². The van der Waals surface area contributed by atoms with Crippen molar-refractivity contribution >= 4 is 32.5 Å². The molecule has 0 atom stereocenters. The lowest BCUT2D eigenvalue weighted by Gasteiger charge is -2.11. The summed E-state index contributed by atoms with van der Waals surface area (Å²) in [5.74, 6) is 0.643. The molecular formula is C17H17ClN2O3S. The van der Waals surface area contributed by atoms with E-state index >= 15 is 0 Å². The number of rotatable bonds is 5. The van der Waals surface area contributed by atoms with Crippen molar-refractivity contribution in [2.24, 2.45) is 5.73 Å². The van der Waals surface area contributed by atoms with Crippen LogP contribution in [0, 0.1) is 0 Å². The van der Waals surface area contributed by atoms with Crippen LogP contribution in [0.4, 0.5) is 0 Å². The van der Waals surface area contributed by atoms with Crippen LogP contribution < -0.4 is 10.5 Å². The van der Waals surface area contributed by atoms with Gasteiger partial charge in [0.05, 0.1) is 22.5 Å². The van der Waals surface area contributed by atoms with Crippen molar-refractivity contribution in [3.8, 4) is 5.75 Å². The van der Waals surface area contributed by atoms with Gasteiger partial charge in [-0.2, -0.15) is 0 Å². The van der Waals surface area contributed by atoms with Gasteiger partial charge in [-0.3, -0.25) is 0 Å². The van der Waals surface area contributed by atoms with Crippen LogP contribution in [0.3, 0.4) is 0 Å². The molecule has 2 aromatic carbocycles. The fourth-order valence-electron chi connectivity index (χ4n) is 2.79. The predicted octanol–water partition coefficient (Wildman–Crippen LogP) is 3.04. The summed E-state index contributed by atoms with van der Waals surface area (Å²) in [5.41, 5.74) is 7.00. The smallest absolute Gasteiger partial charge is 0.268 e. The van der Waals surface area contributed by atoms with Crippen molar-refractivity contribution in [1.82, 2.24) is 3.97 Å². The van der Waals surface area contributed by atoms with Gasteiger partial charge in [0.2, 0.25) is 0 Å². The second-order valence-electron chi connectivity index (χ2n) is 5.27. The average molecular weight is 365 g/mol. The van der Waals surface area contributed by atoms with Crippen LogP contribution in [-0.2, 0) is 16.4 Å². The molecule has 0 radical (unpaired) electrons. The Kier molecular flexibility index (Phi) is 4.54. The van der Waals surface area contributed by atoms with Gasteiger partial charge in [-0.1, -0.05) is 29.8 Å². The van der Waals surface area contributed by atoms with Gasteiger partial charge in [-0.15, -0.1) is 0 Å². The zero-order valence-corrected chi connectivity index (χ0v) is 14.6. The third-order valence-corrected chi connectivity index (χ3v) is 5.84. The molecule has 0 unspecified atom stereocenters. The number of ether oxygens (including phenoxy) is 1. The molecule has 0 aliphatic carbocycles. The van der Waals surface area contributed by atoms with E-state index in [1.807, 2.05) is 0 Å². The molecule has 0 aliphatic rings. The molecule has 3 aromatic rings. The van der Waals surface area contributed by atoms with Gasteiger partial charge in [0.1, 0.15) is 5.75 Å². The highest BCUT2D eigenvalue weighted by Gasteiger charge is 2.23. The van der Waals surface area contributed by atoms with Crippen LogP contribution in [0.5, 0.6) is 5.75 Å². The number of fused-ring (bicyclic) bond motifs is 1. The molecule has 7 heteroatoms. The maximum atomic E-state index is 12.9. The summed E-state index contributed by atoms with van der Waals surface area (Å²) in [5, 5.41) is 1.01. The van der Waals surface area contributed by atoms with E-state index in [2.05, 4.69) is 0 Å². The third kappa shape index (κ3) is 2.66. The van der Waals surface area contributed by atoms with E-state index in [-0.39, 0.29) is 4.90 Å². The average Bonchev–Trinajstić information content (AvgIpc) is 2.94. The highest BCUT2D eigenvalue weighted by Crippen LogP contribution is 2.36. The highest BCUT2D eigenvalue weighted by atomic mass is 35.5. The molecule has 1 aromatic heterocycles. The first-order chi connectivity index (χ1) is 11.5. The quantitative estimate of drug-likeness (QED) is 0.755. The summed E-state index contributed by atoms with van der Waals surface area (Å²) in [6.07, 6.45) is 1.96. The Morgan fingerprint density at radius 2 is 1.88 bits per heavy atom. The second kappa shape index (κ2) is 6.47. The number of halogens is 1. The fourth-order valence-corrected chi connectivity index (χ4v) is 4.54. The van der Waals surface area contributed by atoms with Crippen molar-refractivity contribution in [1.29, 1.82) is 0 Å². The summed E-state index contributed by atoms with van der Waals surface area (Å²) in [4.78, 5) is 0.203. The van der Waals surface area contributed by atoms with Crippen molar-refractivity contribution in [3.63, 3.8) is 0 Å². The van der Waals surface area contributed by atoms with E-state index in [0.29, 0.717) is 34.6 Å². The van der Waals surface area contributed by atoms with E-state index < -0.39 is 10.0 Å². The summed E-state index contributed by atoms with van der Waals surface area (Å²) in [7, 11) is -2.17. The first kappa shape index (κ1) is 16.8. The van der Waals surface area contributed by atoms with E-state index in [1.165, 1.54) is 10.2 Å². The molecule has 0 aliphatic heterocycles. The molecule has 0 fully saturated rings. The SMILES string of the molecule is COc1ccc2c(c(Cl)cn2S(=O)(=O)c2ccccc2)c1CCN. The molecule has 0 spiro atoms. The minimum atomic E-state index is -3.74. The number of aromatic nitrogens is 1. The van der Waals surface area contributed by atoms with Crippen molar-refractivity contribution in [2.75, 3.05) is 13.7 Å². The van der Waals surface area contributed by atoms with Crippen LogP contribution >= 0.6 is 11.6 Å². The lowest BCUT2D eigenvalue weighted by Crippen LogP contribution is -2.12. The van der Waals surface area contributed by atoms with Crippen LogP contribution in [0.25, 0.3) is 10.9 Å². The van der Waals surface area contributed by atoms with Crippen LogP contribution in [-0.4, -0.2) is 26.0 Å². The minimum absolute atomic E-state index is 0.203. The number of benzene rings is 2. The Morgan fingerprint density at radius 1 is 1.17 bits per heavy atom. The normalized spacial score (nSPS) is 11.8. The standard InChI is InChI=1S/C17H17ClN2O3S/c1-23-16-8-7-15-17(13(16)9-10-19)14(18)11-20(15)24(21,22)12-5-3-2-4-6-12/h2-8,11H,9-10,19H2,1H3. The number of hydrogen-bond acceptors (Lipinski definition) is 4. The summed E-state index contributed by atoms with van der Waals surface area (Å²) in [6, 6.07) is 11.7. The largest absolute Gasteiger partial charge is 0.496 e. The van der Waals surface area contributed by atoms with E-state index in [9.17, 15) is 8.42 Å². The Morgan fingerprint density at radius 3 is 2.50 bits per heavy atom. The molecule has 0 bridgehead atoms. The molecule has 5 nitrogen and oxygen atoms in total. The minimum Gasteiger partial charge on any atom is -0.496 e. The predicted molar refractivity (Wildman–Crippen MR) is 95.3 cm³/mol. The highest BCUT2D eigenvalue weighted by molar-refractivity contribution is 7.90. The molecule has 0 amide bonds. The molecular weight excluding hydrogens is 348 g/mol. The van der Waals surface area contributed by atoms with Gasteiger partial charge in [-0.25, -0.2) is 12.4 Å². The Labute approximate surface area is 145 Å². The number of hydrogen-bond donors (Lipinski definition) is 1. The van der Waals surface area contributed by atoms with Gasteiger partial charge in [0.15, 0.2) is 0 Å². The number of nitrogens with two attached hydrogens (primary N) is 1. The molecule has 2 N–H and O–H groups in total. The summed E-state index contributed by atoms with van der Waals surface area (Å²) >= 11 is 6.36. The number of nitrogens with zero attached hydrogens (tertiary/aromatic N) is 1. The van der Waals surface area contributed by atoms with Gasteiger partial charge in [-0.05, 0) is 37.2 Å². The Balaban J connectivity index is 2.31. The van der Waals surface area contributed by atoms with Crippen molar-refractivity contribution < 1.29 is 13.2 Å². The lowest BCUT2D eigenvalue weighted by atomic mass is 10.1. The zero-order valence-electron chi connectivity index (χ0n) is 13.1. The first-order valence-electron chi connectivity index (χ1n) is 7.38. The van der Waals surface area contributed by atoms with Crippen LogP contribution in [0.2, 0.25) is 5.02 Å². The van der Waals surface area contributed by atoms with E-state index in [4.69, 9.17) is 22.1 Å². The van der Waals surface area contributed by atoms with E-state index in [1.54, 1.807) is 49.6 Å². The molecule has 0 saturated heterocycles. The zero-order chi connectivity index (χ0) is 17.3. The second-order valence-corrected chi connectivity index (χ2v) is 7.49. The molecule has 24 heavy (non-hydrogen) atoms. The van der Waals surface area contributed by atoms with Gasteiger partial charge < -0.3 is 10.5 Å². The summed E-state index contributed by atoms with van der Waals surface area (Å²) < 4.78 is 32.4. The van der Waals surface area contributed by atoms with E-state index in [0.717, 1.165) is 5.56 Å². The van der Waals surface area contributed by atoms with Gasteiger partial charge in [0.25, 0.3) is 10.0 Å². The number of methoxy groups -OCH3 is 1. The maximum absolute atomic E-state index is 12.9. The maximum Gasteiger partial charge on any atom is 0.268 e. The summed E-state index contributed by atoms with van der Waals surface area (Å²) in [6.45, 7) is 0.405. The van der Waals surface area contributed by atoms with Gasteiger partial charge in [0, 0.05) is 17.1 Å². The fraction of sp³-hybridized carbons (Fsp3) is 0.176. The molecule has 126 valence electrons. The molecule has 3 rings (SSSR count). The van der Waals surface area contributed by atoms with Crippen molar-refractivity contribution in [3.05, 3.63) is 59.2 Å². The first-order valence-corrected chi connectivity index (χ1v) is 9.19. The lowest BCUT2D eigenvalue weighted by molar-refractivity contribution is 0.410. The van der Waals surface area contributed by atoms with Crippen molar-refractivity contribution in [2.45, 2.75) is 11.3 Å². The molecule has 0 saturated carbocycles. The van der Waals surface area contributed by atoms with Crippen LogP contribution in [0.15, 0.2) is 53.6 Å².